The summed E-state index contributed by atoms with van der Waals surface area (Å²) in [6.07, 6.45) is 5.15. The van der Waals surface area contributed by atoms with Crippen LogP contribution in [0.5, 0.6) is 5.75 Å². The van der Waals surface area contributed by atoms with Crippen molar-refractivity contribution < 1.29 is 4.74 Å². The van der Waals surface area contributed by atoms with Crippen LogP contribution in [0.2, 0.25) is 0 Å². The van der Waals surface area contributed by atoms with E-state index < -0.39 is 0 Å². The third-order valence-electron chi connectivity index (χ3n) is 3.62. The van der Waals surface area contributed by atoms with Crippen LogP contribution in [-0.4, -0.2) is 19.7 Å². The molecular weight excluding hydrogens is 210 g/mol. The first-order chi connectivity index (χ1) is 8.20. The predicted molar refractivity (Wildman–Crippen MR) is 71.8 cm³/mol. The third kappa shape index (κ3) is 3.01. The van der Waals surface area contributed by atoms with Crippen molar-refractivity contribution in [1.29, 1.82) is 0 Å². The molecule has 0 unspecified atom stereocenters. The Kier molecular flexibility index (Phi) is 4.06. The zero-order chi connectivity index (χ0) is 12.3. The van der Waals surface area contributed by atoms with Gasteiger partial charge >= 0.3 is 0 Å². The summed E-state index contributed by atoms with van der Waals surface area (Å²) >= 11 is 0. The van der Waals surface area contributed by atoms with Crippen LogP contribution in [-0.2, 0) is 6.42 Å². The molecule has 1 aromatic rings. The number of piperidine rings is 1. The average Bonchev–Trinajstić information content (AvgIpc) is 2.30. The number of aryl methyl sites for hydroxylation is 2. The molecule has 0 amide bonds. The molecule has 1 heterocycles. The summed E-state index contributed by atoms with van der Waals surface area (Å²) in [5.41, 5.74) is 3.93. The lowest BCUT2D eigenvalue weighted by atomic mass is 9.95. The maximum Gasteiger partial charge on any atom is 0.124 e. The summed E-state index contributed by atoms with van der Waals surface area (Å²) in [4.78, 5) is 0. The lowest BCUT2D eigenvalue weighted by molar-refractivity contribution is 0.397. The third-order valence-corrected chi connectivity index (χ3v) is 3.62. The zero-order valence-electron chi connectivity index (χ0n) is 11.2. The number of hydrogen-bond donors (Lipinski definition) is 1. The average molecular weight is 233 g/mol. The topological polar surface area (TPSA) is 21.3 Å². The van der Waals surface area contributed by atoms with Crippen molar-refractivity contribution in [2.45, 2.75) is 45.6 Å². The highest BCUT2D eigenvalue weighted by atomic mass is 16.5. The molecule has 0 aliphatic carbocycles. The van der Waals surface area contributed by atoms with Crippen molar-refractivity contribution in [1.82, 2.24) is 5.32 Å². The molecular formula is C15H23NO. The highest BCUT2D eigenvalue weighted by molar-refractivity contribution is 5.43. The van der Waals surface area contributed by atoms with Crippen LogP contribution in [0.25, 0.3) is 0 Å². The Morgan fingerprint density at radius 1 is 1.24 bits per heavy atom. The normalized spacial score (nSPS) is 20.3. The summed E-state index contributed by atoms with van der Waals surface area (Å²) in [7, 11) is 1.75. The maximum absolute atomic E-state index is 5.41. The molecule has 1 saturated heterocycles. The number of hydrogen-bond acceptors (Lipinski definition) is 2. The summed E-state index contributed by atoms with van der Waals surface area (Å²) in [6.45, 7) is 5.44. The van der Waals surface area contributed by atoms with Gasteiger partial charge in [-0.3, -0.25) is 0 Å². The highest BCUT2D eigenvalue weighted by Crippen LogP contribution is 2.25. The molecule has 1 aromatic carbocycles. The van der Waals surface area contributed by atoms with E-state index in [1.807, 2.05) is 0 Å². The minimum atomic E-state index is 0.663. The van der Waals surface area contributed by atoms with Gasteiger partial charge in [-0.1, -0.05) is 18.6 Å². The van der Waals surface area contributed by atoms with Crippen molar-refractivity contribution in [2.24, 2.45) is 0 Å². The molecule has 0 bridgehead atoms. The van der Waals surface area contributed by atoms with Crippen molar-refractivity contribution in [3.63, 3.8) is 0 Å². The zero-order valence-corrected chi connectivity index (χ0v) is 11.2. The quantitative estimate of drug-likeness (QED) is 0.866. The van der Waals surface area contributed by atoms with E-state index in [4.69, 9.17) is 4.74 Å². The molecule has 0 saturated carbocycles. The van der Waals surface area contributed by atoms with Gasteiger partial charge in [-0.25, -0.2) is 0 Å². The van der Waals surface area contributed by atoms with Gasteiger partial charge in [0.25, 0.3) is 0 Å². The Hall–Kier alpha value is -1.02. The van der Waals surface area contributed by atoms with Crippen LogP contribution in [0.4, 0.5) is 0 Å². The van der Waals surface area contributed by atoms with Gasteiger partial charge in [-0.2, -0.15) is 0 Å². The van der Waals surface area contributed by atoms with E-state index in [1.165, 1.54) is 42.5 Å². The van der Waals surface area contributed by atoms with Crippen LogP contribution < -0.4 is 10.1 Å². The fourth-order valence-corrected chi connectivity index (χ4v) is 2.86. The number of ether oxygens (including phenoxy) is 1. The van der Waals surface area contributed by atoms with Crippen molar-refractivity contribution in [3.8, 4) is 5.75 Å². The summed E-state index contributed by atoms with van der Waals surface area (Å²) in [5, 5.41) is 3.60. The van der Waals surface area contributed by atoms with Crippen LogP contribution in [0, 0.1) is 13.8 Å². The summed E-state index contributed by atoms with van der Waals surface area (Å²) < 4.78 is 5.41. The molecule has 17 heavy (non-hydrogen) atoms. The summed E-state index contributed by atoms with van der Waals surface area (Å²) in [5.74, 6) is 1.03. The molecule has 1 fully saturated rings. The number of methoxy groups -OCH3 is 1. The minimum Gasteiger partial charge on any atom is -0.496 e. The van der Waals surface area contributed by atoms with Gasteiger partial charge in [0.2, 0.25) is 0 Å². The van der Waals surface area contributed by atoms with Gasteiger partial charge in [-0.05, 0) is 56.3 Å². The van der Waals surface area contributed by atoms with Crippen LogP contribution >= 0.6 is 0 Å². The Morgan fingerprint density at radius 2 is 1.94 bits per heavy atom. The van der Waals surface area contributed by atoms with E-state index in [1.54, 1.807) is 7.11 Å². The second-order valence-electron chi connectivity index (χ2n) is 5.11. The van der Waals surface area contributed by atoms with Gasteiger partial charge in [0.1, 0.15) is 5.75 Å². The second-order valence-corrected chi connectivity index (χ2v) is 5.11. The van der Waals surface area contributed by atoms with Crippen LogP contribution in [0.1, 0.15) is 36.0 Å². The molecule has 0 spiro atoms. The first-order valence-electron chi connectivity index (χ1n) is 6.58. The van der Waals surface area contributed by atoms with Gasteiger partial charge in [0.05, 0.1) is 7.11 Å². The summed E-state index contributed by atoms with van der Waals surface area (Å²) in [6, 6.07) is 5.19. The van der Waals surface area contributed by atoms with Crippen molar-refractivity contribution in [3.05, 3.63) is 28.8 Å². The fraction of sp³-hybridized carbons (Fsp3) is 0.600. The standard InChI is InChI=1S/C15H23NO/c1-11-8-13(9-12(2)15(11)17-3)10-14-6-4-5-7-16-14/h8-9,14,16H,4-7,10H2,1-3H3/t14-/m1/s1. The molecule has 94 valence electrons. The number of nitrogens with one attached hydrogen (secondary N) is 1. The molecule has 1 aliphatic rings. The second kappa shape index (κ2) is 5.54. The Morgan fingerprint density at radius 3 is 2.47 bits per heavy atom. The maximum atomic E-state index is 5.41. The molecule has 1 N–H and O–H groups in total. The molecule has 2 nitrogen and oxygen atoms in total. The van der Waals surface area contributed by atoms with Crippen molar-refractivity contribution in [2.75, 3.05) is 13.7 Å². The van der Waals surface area contributed by atoms with Gasteiger partial charge in [-0.15, -0.1) is 0 Å². The predicted octanol–water partition coefficient (Wildman–Crippen LogP) is 3.00. The highest BCUT2D eigenvalue weighted by Gasteiger charge is 2.14. The molecule has 1 aliphatic heterocycles. The smallest absolute Gasteiger partial charge is 0.124 e. The van der Waals surface area contributed by atoms with E-state index in [0.717, 1.165) is 12.2 Å². The molecule has 2 heteroatoms. The Bertz CT molecular complexity index is 358. The molecule has 1 atom stereocenters. The molecule has 2 rings (SSSR count). The van der Waals surface area contributed by atoms with E-state index in [0.29, 0.717) is 6.04 Å². The first kappa shape index (κ1) is 12.4. The van der Waals surface area contributed by atoms with Gasteiger partial charge in [0.15, 0.2) is 0 Å². The first-order valence-corrected chi connectivity index (χ1v) is 6.58. The van der Waals surface area contributed by atoms with Crippen LogP contribution in [0.15, 0.2) is 12.1 Å². The minimum absolute atomic E-state index is 0.663. The number of rotatable bonds is 3. The van der Waals surface area contributed by atoms with Gasteiger partial charge in [0, 0.05) is 6.04 Å². The van der Waals surface area contributed by atoms with Crippen LogP contribution in [0.3, 0.4) is 0 Å². The fourth-order valence-electron chi connectivity index (χ4n) is 2.86. The van der Waals surface area contributed by atoms with E-state index in [2.05, 4.69) is 31.3 Å². The molecule has 0 aromatic heterocycles. The molecule has 0 radical (unpaired) electrons. The van der Waals surface area contributed by atoms with Crippen molar-refractivity contribution >= 4 is 0 Å². The Labute approximate surface area is 104 Å². The largest absolute Gasteiger partial charge is 0.496 e. The lowest BCUT2D eigenvalue weighted by Gasteiger charge is -2.24. The van der Waals surface area contributed by atoms with Gasteiger partial charge < -0.3 is 10.1 Å². The lowest BCUT2D eigenvalue weighted by Crippen LogP contribution is -2.35. The van der Waals surface area contributed by atoms with E-state index in [-0.39, 0.29) is 0 Å². The number of benzene rings is 1. The Balaban J connectivity index is 2.10. The van der Waals surface area contributed by atoms with E-state index in [9.17, 15) is 0 Å². The monoisotopic (exact) mass is 233 g/mol. The van der Waals surface area contributed by atoms with E-state index >= 15 is 0 Å². The SMILES string of the molecule is COc1c(C)cc(C[C@H]2CCCCN2)cc1C.